The summed E-state index contributed by atoms with van der Waals surface area (Å²) >= 11 is 0. The fourth-order valence-corrected chi connectivity index (χ4v) is 2.94. The number of carbonyl (C=O) groups is 1. The molecule has 2 aromatic carbocycles. The molecule has 3 rings (SSSR count). The summed E-state index contributed by atoms with van der Waals surface area (Å²) in [5, 5.41) is 3.86. The van der Waals surface area contributed by atoms with Crippen LogP contribution in [0.3, 0.4) is 0 Å². The van der Waals surface area contributed by atoms with E-state index in [1.165, 1.54) is 0 Å². The molecule has 1 amide bonds. The molecule has 1 heterocycles. The molecule has 0 atom stereocenters. The number of carbonyl (C=O) groups excluding carboxylic acids is 1. The summed E-state index contributed by atoms with van der Waals surface area (Å²) in [6, 6.07) is 15.4. The quantitative estimate of drug-likeness (QED) is 0.724. The van der Waals surface area contributed by atoms with Crippen LogP contribution >= 0.6 is 0 Å². The third-order valence-corrected chi connectivity index (χ3v) is 4.06. The minimum atomic E-state index is -0.0331. The smallest absolute Gasteiger partial charge is 0.224 e. The first-order chi connectivity index (χ1) is 12.5. The Balaban J connectivity index is 2.12. The van der Waals surface area contributed by atoms with Gasteiger partial charge in [-0.05, 0) is 49.1 Å². The molecular weight excluding hydrogens is 323 g/mol. The van der Waals surface area contributed by atoms with Crippen LogP contribution in [0.5, 0.6) is 5.75 Å². The SMILES string of the molecule is [B]c1ccc2nc(-c3cccc(OC)c3)c(CC(=O)NC(C)C)cc2c1. The van der Waals surface area contributed by atoms with Gasteiger partial charge in [-0.1, -0.05) is 29.7 Å². The zero-order valence-electron chi connectivity index (χ0n) is 15.2. The van der Waals surface area contributed by atoms with E-state index in [9.17, 15) is 4.79 Å². The molecular formula is C21H21BN2O2. The molecule has 0 saturated carbocycles. The topological polar surface area (TPSA) is 51.2 Å². The fraction of sp³-hybridized carbons (Fsp3) is 0.238. The number of ether oxygens (including phenoxy) is 1. The number of aromatic nitrogens is 1. The van der Waals surface area contributed by atoms with Crippen molar-refractivity contribution in [3.05, 3.63) is 54.1 Å². The van der Waals surface area contributed by atoms with E-state index < -0.39 is 0 Å². The highest BCUT2D eigenvalue weighted by atomic mass is 16.5. The van der Waals surface area contributed by atoms with Crippen LogP contribution in [-0.4, -0.2) is 31.9 Å². The molecule has 0 unspecified atom stereocenters. The molecule has 0 spiro atoms. The Kier molecular flexibility index (Phi) is 5.26. The van der Waals surface area contributed by atoms with E-state index in [2.05, 4.69) is 5.32 Å². The average molecular weight is 344 g/mol. The summed E-state index contributed by atoms with van der Waals surface area (Å²) in [5.41, 5.74) is 4.06. The minimum Gasteiger partial charge on any atom is -0.497 e. The first-order valence-electron chi connectivity index (χ1n) is 8.59. The maximum atomic E-state index is 12.3. The molecule has 130 valence electrons. The monoisotopic (exact) mass is 344 g/mol. The zero-order chi connectivity index (χ0) is 18.7. The summed E-state index contributed by atoms with van der Waals surface area (Å²) in [5.74, 6) is 0.716. The molecule has 1 aromatic heterocycles. The second kappa shape index (κ2) is 7.60. The van der Waals surface area contributed by atoms with Crippen LogP contribution in [0, 0.1) is 0 Å². The summed E-state index contributed by atoms with van der Waals surface area (Å²) in [6.45, 7) is 3.89. The molecule has 0 fully saturated rings. The van der Waals surface area contributed by atoms with Crippen LogP contribution in [0.4, 0.5) is 0 Å². The first kappa shape index (κ1) is 18.0. The Morgan fingerprint density at radius 1 is 1.19 bits per heavy atom. The summed E-state index contributed by atoms with van der Waals surface area (Å²) in [7, 11) is 7.54. The van der Waals surface area contributed by atoms with Gasteiger partial charge >= 0.3 is 0 Å². The van der Waals surface area contributed by atoms with Gasteiger partial charge in [0.2, 0.25) is 5.91 Å². The number of fused-ring (bicyclic) bond motifs is 1. The van der Waals surface area contributed by atoms with Crippen LogP contribution in [0.2, 0.25) is 0 Å². The van der Waals surface area contributed by atoms with Gasteiger partial charge in [0.05, 0.1) is 24.7 Å². The third kappa shape index (κ3) is 4.05. The number of hydrogen-bond donors (Lipinski definition) is 1. The van der Waals surface area contributed by atoms with Crippen LogP contribution in [0.1, 0.15) is 19.4 Å². The molecule has 1 N–H and O–H groups in total. The maximum absolute atomic E-state index is 12.3. The maximum Gasteiger partial charge on any atom is 0.224 e. The first-order valence-corrected chi connectivity index (χ1v) is 8.59. The molecule has 5 heteroatoms. The molecule has 26 heavy (non-hydrogen) atoms. The fourth-order valence-electron chi connectivity index (χ4n) is 2.94. The van der Waals surface area contributed by atoms with Crippen molar-refractivity contribution in [2.75, 3.05) is 7.11 Å². The molecule has 2 radical (unpaired) electrons. The summed E-state index contributed by atoms with van der Waals surface area (Å²) in [4.78, 5) is 17.1. The van der Waals surface area contributed by atoms with Crippen molar-refractivity contribution < 1.29 is 9.53 Å². The van der Waals surface area contributed by atoms with Crippen LogP contribution in [-0.2, 0) is 11.2 Å². The second-order valence-electron chi connectivity index (χ2n) is 6.58. The van der Waals surface area contributed by atoms with Crippen molar-refractivity contribution in [1.29, 1.82) is 0 Å². The van der Waals surface area contributed by atoms with Crippen LogP contribution < -0.4 is 15.5 Å². The lowest BCUT2D eigenvalue weighted by Crippen LogP contribution is -2.31. The highest BCUT2D eigenvalue weighted by Crippen LogP contribution is 2.28. The Morgan fingerprint density at radius 3 is 2.73 bits per heavy atom. The predicted octanol–water partition coefficient (Wildman–Crippen LogP) is 2.77. The molecule has 0 aliphatic heterocycles. The van der Waals surface area contributed by atoms with Gasteiger partial charge < -0.3 is 10.1 Å². The molecule has 0 saturated heterocycles. The Hall–Kier alpha value is -2.82. The predicted molar refractivity (Wildman–Crippen MR) is 106 cm³/mol. The van der Waals surface area contributed by atoms with E-state index in [0.29, 0.717) is 5.46 Å². The van der Waals surface area contributed by atoms with Gasteiger partial charge in [-0.3, -0.25) is 4.79 Å². The summed E-state index contributed by atoms with van der Waals surface area (Å²) in [6.07, 6.45) is 0.252. The number of nitrogens with zero attached hydrogens (tertiary/aromatic N) is 1. The van der Waals surface area contributed by atoms with E-state index in [0.717, 1.165) is 33.5 Å². The number of pyridine rings is 1. The lowest BCUT2D eigenvalue weighted by molar-refractivity contribution is -0.120. The van der Waals surface area contributed by atoms with E-state index in [4.69, 9.17) is 17.6 Å². The van der Waals surface area contributed by atoms with E-state index >= 15 is 0 Å². The van der Waals surface area contributed by atoms with Gasteiger partial charge in [0.15, 0.2) is 0 Å². The van der Waals surface area contributed by atoms with Gasteiger partial charge in [-0.2, -0.15) is 0 Å². The molecule has 3 aromatic rings. The van der Waals surface area contributed by atoms with Crippen molar-refractivity contribution in [1.82, 2.24) is 10.3 Å². The Bertz CT molecular complexity index is 954. The zero-order valence-corrected chi connectivity index (χ0v) is 15.2. The Labute approximate surface area is 155 Å². The standard InChI is InChI=1S/C21H21BN2O2/c1-13(2)23-20(25)12-16-9-15-10-17(22)7-8-19(15)24-21(16)14-5-4-6-18(11-14)26-3/h4-11,13H,12H2,1-3H3,(H,23,25). The van der Waals surface area contributed by atoms with E-state index in [1.807, 2.05) is 62.4 Å². The number of rotatable bonds is 5. The van der Waals surface area contributed by atoms with Crippen molar-refractivity contribution >= 4 is 30.1 Å². The van der Waals surface area contributed by atoms with Gasteiger partial charge in [0.25, 0.3) is 0 Å². The second-order valence-corrected chi connectivity index (χ2v) is 6.58. The van der Waals surface area contributed by atoms with Gasteiger partial charge in [0.1, 0.15) is 13.6 Å². The third-order valence-electron chi connectivity index (χ3n) is 4.06. The number of hydrogen-bond acceptors (Lipinski definition) is 3. The molecule has 0 aliphatic carbocycles. The number of amides is 1. The molecule has 0 aliphatic rings. The van der Waals surface area contributed by atoms with Crippen LogP contribution in [0.25, 0.3) is 22.2 Å². The molecule has 0 bridgehead atoms. The number of methoxy groups -OCH3 is 1. The highest BCUT2D eigenvalue weighted by Gasteiger charge is 2.14. The summed E-state index contributed by atoms with van der Waals surface area (Å²) < 4.78 is 5.33. The van der Waals surface area contributed by atoms with Crippen molar-refractivity contribution in [2.24, 2.45) is 0 Å². The number of benzene rings is 2. The number of nitrogens with one attached hydrogen (secondary N) is 1. The van der Waals surface area contributed by atoms with E-state index in [-0.39, 0.29) is 18.4 Å². The van der Waals surface area contributed by atoms with Gasteiger partial charge in [-0.25, -0.2) is 4.98 Å². The lowest BCUT2D eigenvalue weighted by Gasteiger charge is -2.14. The minimum absolute atomic E-state index is 0.0331. The normalized spacial score (nSPS) is 10.9. The average Bonchev–Trinajstić information content (AvgIpc) is 2.60. The van der Waals surface area contributed by atoms with Crippen LogP contribution in [0.15, 0.2) is 48.5 Å². The van der Waals surface area contributed by atoms with Crippen molar-refractivity contribution in [3.8, 4) is 17.0 Å². The lowest BCUT2D eigenvalue weighted by atomic mass is 9.93. The highest BCUT2D eigenvalue weighted by molar-refractivity contribution is 6.33. The molecule has 4 nitrogen and oxygen atoms in total. The van der Waals surface area contributed by atoms with Crippen molar-refractivity contribution in [3.63, 3.8) is 0 Å². The Morgan fingerprint density at radius 2 is 2.00 bits per heavy atom. The van der Waals surface area contributed by atoms with E-state index in [1.54, 1.807) is 7.11 Å². The van der Waals surface area contributed by atoms with Gasteiger partial charge in [-0.15, -0.1) is 0 Å². The van der Waals surface area contributed by atoms with Gasteiger partial charge in [0, 0.05) is 11.6 Å². The van der Waals surface area contributed by atoms with Crippen molar-refractivity contribution in [2.45, 2.75) is 26.3 Å². The largest absolute Gasteiger partial charge is 0.497 e.